The summed E-state index contributed by atoms with van der Waals surface area (Å²) in [4.78, 5) is 3.96. The van der Waals surface area contributed by atoms with Gasteiger partial charge in [-0.05, 0) is 13.2 Å². The fourth-order valence-corrected chi connectivity index (χ4v) is 0.696. The third-order valence-corrected chi connectivity index (χ3v) is 1.47. The molecule has 0 spiro atoms. The Bertz CT molecular complexity index is 184. The highest BCUT2D eigenvalue weighted by Crippen LogP contribution is 2.05. The first-order valence-electron chi connectivity index (χ1n) is 2.53. The number of aryl methyl sites for hydroxylation is 1. The van der Waals surface area contributed by atoms with E-state index >= 15 is 0 Å². The summed E-state index contributed by atoms with van der Waals surface area (Å²) in [5.41, 5.74) is 0. The van der Waals surface area contributed by atoms with Crippen LogP contribution >= 0.6 is 11.8 Å². The lowest BCUT2D eigenvalue weighted by Gasteiger charge is -1.90. The largest absolute Gasteiger partial charge is 0.237 e. The van der Waals surface area contributed by atoms with Crippen LogP contribution in [0.1, 0.15) is 5.82 Å². The Hall–Kier alpha value is -0.640. The molecule has 3 nitrogen and oxygen atoms in total. The van der Waals surface area contributed by atoms with Gasteiger partial charge in [-0.3, -0.25) is 0 Å². The van der Waals surface area contributed by atoms with Crippen molar-refractivity contribution < 1.29 is 0 Å². The van der Waals surface area contributed by atoms with Crippen molar-refractivity contribution >= 4 is 11.8 Å². The first kappa shape index (κ1) is 6.48. The van der Waals surface area contributed by atoms with Crippen molar-refractivity contribution in [2.24, 2.45) is 0 Å². The Morgan fingerprint density at radius 1 is 1.44 bits per heavy atom. The highest BCUT2D eigenvalue weighted by Gasteiger charge is 1.90. The average molecular weight is 141 g/mol. The molecule has 0 amide bonds. The normalized spacial score (nSPS) is 9.56. The van der Waals surface area contributed by atoms with E-state index in [1.165, 1.54) is 0 Å². The molecule has 1 aromatic rings. The Morgan fingerprint density at radius 3 is 2.67 bits per heavy atom. The molecule has 1 aromatic heterocycles. The number of hydrogen-bond acceptors (Lipinski definition) is 4. The molecule has 0 atom stereocenters. The Morgan fingerprint density at radius 2 is 2.22 bits per heavy atom. The number of aromatic nitrogens is 3. The Kier molecular flexibility index (Phi) is 2.00. The van der Waals surface area contributed by atoms with Gasteiger partial charge in [0.05, 0.1) is 6.20 Å². The minimum absolute atomic E-state index is 0.716. The number of thioether (sulfide) groups is 1. The molecule has 0 unspecified atom stereocenters. The van der Waals surface area contributed by atoms with Crippen LogP contribution in [0, 0.1) is 6.92 Å². The maximum atomic E-state index is 3.96. The van der Waals surface area contributed by atoms with E-state index in [0.29, 0.717) is 5.82 Å². The van der Waals surface area contributed by atoms with Gasteiger partial charge < -0.3 is 0 Å². The maximum absolute atomic E-state index is 3.96. The zero-order chi connectivity index (χ0) is 6.69. The number of rotatable bonds is 1. The topological polar surface area (TPSA) is 38.7 Å². The molecule has 0 N–H and O–H groups in total. The molecule has 0 aliphatic heterocycles. The summed E-state index contributed by atoms with van der Waals surface area (Å²) in [5.74, 6) is 0.716. The van der Waals surface area contributed by atoms with Gasteiger partial charge in [-0.2, -0.15) is 0 Å². The first-order valence-corrected chi connectivity index (χ1v) is 3.75. The summed E-state index contributed by atoms with van der Waals surface area (Å²) in [7, 11) is 0. The summed E-state index contributed by atoms with van der Waals surface area (Å²) in [5, 5.41) is 8.48. The summed E-state index contributed by atoms with van der Waals surface area (Å²) in [6.07, 6.45) is 3.66. The molecule has 9 heavy (non-hydrogen) atoms. The monoisotopic (exact) mass is 141 g/mol. The van der Waals surface area contributed by atoms with E-state index in [1.807, 2.05) is 13.2 Å². The van der Waals surface area contributed by atoms with Crippen molar-refractivity contribution in [2.45, 2.75) is 11.9 Å². The van der Waals surface area contributed by atoms with Crippen LogP contribution in [0.4, 0.5) is 0 Å². The van der Waals surface area contributed by atoms with Crippen molar-refractivity contribution in [1.29, 1.82) is 0 Å². The lowest BCUT2D eigenvalue weighted by molar-refractivity contribution is 0.834. The van der Waals surface area contributed by atoms with Gasteiger partial charge in [-0.15, -0.1) is 22.0 Å². The predicted molar refractivity (Wildman–Crippen MR) is 36.3 cm³/mol. The van der Waals surface area contributed by atoms with Crippen LogP contribution in [0.25, 0.3) is 0 Å². The second-order valence-electron chi connectivity index (χ2n) is 1.55. The van der Waals surface area contributed by atoms with Gasteiger partial charge in [0.2, 0.25) is 0 Å². The summed E-state index contributed by atoms with van der Waals surface area (Å²) in [6, 6.07) is 0. The van der Waals surface area contributed by atoms with Crippen LogP contribution in [0.5, 0.6) is 0 Å². The van der Waals surface area contributed by atoms with E-state index < -0.39 is 0 Å². The highest BCUT2D eigenvalue weighted by atomic mass is 32.2. The molecule has 0 saturated carbocycles. The van der Waals surface area contributed by atoms with E-state index in [1.54, 1.807) is 18.0 Å². The molecule has 4 heteroatoms. The fraction of sp³-hybridized carbons (Fsp3) is 0.400. The predicted octanol–water partition coefficient (Wildman–Crippen LogP) is 0.902. The van der Waals surface area contributed by atoms with Crippen LogP contribution in [0.15, 0.2) is 11.2 Å². The van der Waals surface area contributed by atoms with E-state index in [9.17, 15) is 0 Å². The lowest BCUT2D eigenvalue weighted by atomic mass is 10.7. The van der Waals surface area contributed by atoms with Crippen molar-refractivity contribution in [3.8, 4) is 0 Å². The summed E-state index contributed by atoms with van der Waals surface area (Å²) >= 11 is 1.54. The number of nitrogens with zero attached hydrogens (tertiary/aromatic N) is 3. The van der Waals surface area contributed by atoms with Gasteiger partial charge in [0.15, 0.2) is 0 Å². The minimum Gasteiger partial charge on any atom is -0.237 e. The van der Waals surface area contributed by atoms with Gasteiger partial charge in [0.25, 0.3) is 0 Å². The second-order valence-corrected chi connectivity index (χ2v) is 2.37. The molecule has 48 valence electrons. The van der Waals surface area contributed by atoms with Crippen LogP contribution in [0.3, 0.4) is 0 Å². The SMILES string of the molecule is CSc1cnc(C)nn1. The highest BCUT2D eigenvalue weighted by molar-refractivity contribution is 7.98. The van der Waals surface area contributed by atoms with Crippen LogP contribution in [0.2, 0.25) is 0 Å². The van der Waals surface area contributed by atoms with Gasteiger partial charge >= 0.3 is 0 Å². The number of hydrogen-bond donors (Lipinski definition) is 0. The molecule has 0 aromatic carbocycles. The summed E-state index contributed by atoms with van der Waals surface area (Å²) < 4.78 is 0. The van der Waals surface area contributed by atoms with Gasteiger partial charge in [0.1, 0.15) is 10.9 Å². The molecule has 0 radical (unpaired) electrons. The van der Waals surface area contributed by atoms with Gasteiger partial charge in [-0.25, -0.2) is 4.98 Å². The first-order chi connectivity index (χ1) is 4.33. The van der Waals surface area contributed by atoms with E-state index in [2.05, 4.69) is 15.2 Å². The van der Waals surface area contributed by atoms with Crippen LogP contribution in [-0.2, 0) is 0 Å². The Balaban J connectivity index is 2.88. The standard InChI is InChI=1S/C5H7N3S/c1-4-6-3-5(9-2)8-7-4/h3H,1-2H3. The maximum Gasteiger partial charge on any atom is 0.147 e. The molecule has 0 saturated heterocycles. The zero-order valence-electron chi connectivity index (χ0n) is 5.33. The summed E-state index contributed by atoms with van der Waals surface area (Å²) in [6.45, 7) is 1.82. The van der Waals surface area contributed by atoms with Gasteiger partial charge in [0, 0.05) is 0 Å². The fourth-order valence-electron chi connectivity index (χ4n) is 0.415. The molecule has 0 aliphatic rings. The van der Waals surface area contributed by atoms with E-state index in [4.69, 9.17) is 0 Å². The van der Waals surface area contributed by atoms with Crippen LogP contribution in [-0.4, -0.2) is 21.4 Å². The van der Waals surface area contributed by atoms with Crippen LogP contribution < -0.4 is 0 Å². The quantitative estimate of drug-likeness (QED) is 0.545. The van der Waals surface area contributed by atoms with Crippen molar-refractivity contribution in [3.05, 3.63) is 12.0 Å². The van der Waals surface area contributed by atoms with E-state index in [-0.39, 0.29) is 0 Å². The van der Waals surface area contributed by atoms with Crippen molar-refractivity contribution in [1.82, 2.24) is 15.2 Å². The molecule has 1 heterocycles. The molecule has 0 aliphatic carbocycles. The molecule has 1 rings (SSSR count). The minimum atomic E-state index is 0.716. The smallest absolute Gasteiger partial charge is 0.147 e. The average Bonchev–Trinajstić information content (AvgIpc) is 1.90. The van der Waals surface area contributed by atoms with E-state index in [0.717, 1.165) is 5.03 Å². The molecule has 0 fully saturated rings. The molecular weight excluding hydrogens is 134 g/mol. The Labute approximate surface area is 57.9 Å². The third kappa shape index (κ3) is 1.64. The molecule has 0 bridgehead atoms. The zero-order valence-corrected chi connectivity index (χ0v) is 6.14. The van der Waals surface area contributed by atoms with Crippen molar-refractivity contribution in [3.63, 3.8) is 0 Å². The third-order valence-electron chi connectivity index (χ3n) is 0.864. The molecular formula is C5H7N3S. The second kappa shape index (κ2) is 2.77. The van der Waals surface area contributed by atoms with Gasteiger partial charge in [-0.1, -0.05) is 0 Å². The van der Waals surface area contributed by atoms with Crippen molar-refractivity contribution in [2.75, 3.05) is 6.26 Å². The lowest BCUT2D eigenvalue weighted by Crippen LogP contribution is -1.90.